The minimum Gasteiger partial charge on any atom is -0.459 e. The van der Waals surface area contributed by atoms with Crippen molar-refractivity contribution in [2.24, 2.45) is 0 Å². The van der Waals surface area contributed by atoms with E-state index in [1.54, 1.807) is 13.8 Å². The van der Waals surface area contributed by atoms with Crippen molar-refractivity contribution < 1.29 is 67.1 Å². The minimum absolute atomic E-state index is 0.0578. The number of amides is 1. The molecule has 16 heteroatoms. The summed E-state index contributed by atoms with van der Waals surface area (Å²) >= 11 is 0. The van der Waals surface area contributed by atoms with Gasteiger partial charge >= 0.3 is 35.8 Å². The second-order valence-electron chi connectivity index (χ2n) is 7.76. The first-order valence-electron chi connectivity index (χ1n) is 8.82. The molecule has 0 aliphatic carbocycles. The zero-order valence-corrected chi connectivity index (χ0v) is 17.2. The average molecular weight is 499 g/mol. The van der Waals surface area contributed by atoms with E-state index in [1.165, 1.54) is 14.1 Å². The molecule has 190 valence electrons. The number of likely N-dealkylation sites (N-methyl/N-ethyl adjacent to an activating group) is 1. The summed E-state index contributed by atoms with van der Waals surface area (Å²) in [5.41, 5.74) is 0. The molecule has 0 fully saturated rings. The van der Waals surface area contributed by atoms with Gasteiger partial charge in [-0.05, 0) is 13.8 Å². The molecule has 32 heavy (non-hydrogen) atoms. The number of hydrogen-bond acceptors (Lipinski definition) is 3. The molecule has 0 unspecified atom stereocenters. The van der Waals surface area contributed by atoms with E-state index in [1.807, 2.05) is 0 Å². The summed E-state index contributed by atoms with van der Waals surface area (Å²) < 4.78 is 147. The molecule has 0 aromatic rings. The van der Waals surface area contributed by atoms with Crippen LogP contribution in [-0.4, -0.2) is 86.1 Å². The number of nitrogens with zero attached hydrogens (tertiary/aromatic N) is 1. The van der Waals surface area contributed by atoms with E-state index in [0.29, 0.717) is 0 Å². The monoisotopic (exact) mass is 499 g/mol. The molecule has 1 amide bonds. The van der Waals surface area contributed by atoms with Crippen molar-refractivity contribution in [1.29, 1.82) is 0 Å². The van der Waals surface area contributed by atoms with Gasteiger partial charge in [0.1, 0.15) is 0 Å². The first kappa shape index (κ1) is 30.1. The summed E-state index contributed by atoms with van der Waals surface area (Å²) in [6.07, 6.45) is -8.02. The Morgan fingerprint density at radius 1 is 0.844 bits per heavy atom. The highest BCUT2D eigenvalue weighted by atomic mass is 19.4. The number of ether oxygens (including phenoxy) is 1. The standard InChI is InChI=1S/C16H21F11N2O3/c1-9(2)32-10(30)8-29(3,4)7-5-6-28-11(31)12(17,18)13(19,20)14(21,22)15(23,24)16(25,26)27/h9H,5-8H2,1-4H3/p+1. The fraction of sp³-hybridized carbons (Fsp3) is 0.875. The quantitative estimate of drug-likeness (QED) is 0.205. The van der Waals surface area contributed by atoms with Crippen LogP contribution in [0, 0.1) is 0 Å². The Labute approximate surface area is 175 Å². The maximum atomic E-state index is 13.6. The predicted octanol–water partition coefficient (Wildman–Crippen LogP) is 3.62. The SMILES string of the molecule is CC(C)OC(=O)C[N+](C)(C)CCCNC(=O)C(F)(F)C(F)(F)C(F)(F)C(F)(F)C(F)(F)F. The van der Waals surface area contributed by atoms with E-state index in [2.05, 4.69) is 0 Å². The highest BCUT2D eigenvalue weighted by molar-refractivity contribution is 5.84. The predicted molar refractivity (Wildman–Crippen MR) is 86.5 cm³/mol. The van der Waals surface area contributed by atoms with Gasteiger partial charge in [0, 0.05) is 13.0 Å². The Morgan fingerprint density at radius 2 is 1.31 bits per heavy atom. The largest absolute Gasteiger partial charge is 0.460 e. The number of alkyl halides is 11. The lowest BCUT2D eigenvalue weighted by Crippen LogP contribution is -2.69. The lowest BCUT2D eigenvalue weighted by atomic mass is 9.97. The Balaban J connectivity index is 5.18. The van der Waals surface area contributed by atoms with Crippen molar-refractivity contribution >= 4 is 11.9 Å². The second-order valence-corrected chi connectivity index (χ2v) is 7.76. The van der Waals surface area contributed by atoms with Crippen LogP contribution in [0.15, 0.2) is 0 Å². The Hall–Kier alpha value is -1.87. The second kappa shape index (κ2) is 9.55. The topological polar surface area (TPSA) is 55.4 Å². The van der Waals surface area contributed by atoms with Crippen LogP contribution in [0.1, 0.15) is 20.3 Å². The molecular weight excluding hydrogens is 477 g/mol. The van der Waals surface area contributed by atoms with Crippen LogP contribution in [0.3, 0.4) is 0 Å². The van der Waals surface area contributed by atoms with Crippen molar-refractivity contribution in [2.45, 2.75) is 56.2 Å². The van der Waals surface area contributed by atoms with Crippen LogP contribution in [-0.2, 0) is 14.3 Å². The van der Waals surface area contributed by atoms with Crippen LogP contribution in [0.5, 0.6) is 0 Å². The molecule has 0 spiro atoms. The Bertz CT molecular complexity index is 677. The molecular formula is C16H22F11N2O3+. The third kappa shape index (κ3) is 6.34. The van der Waals surface area contributed by atoms with Crippen molar-refractivity contribution in [3.63, 3.8) is 0 Å². The van der Waals surface area contributed by atoms with Crippen molar-refractivity contribution in [1.82, 2.24) is 5.32 Å². The van der Waals surface area contributed by atoms with Gasteiger partial charge in [0.2, 0.25) is 0 Å². The van der Waals surface area contributed by atoms with E-state index < -0.39 is 54.4 Å². The van der Waals surface area contributed by atoms with Crippen molar-refractivity contribution in [2.75, 3.05) is 33.7 Å². The van der Waals surface area contributed by atoms with E-state index >= 15 is 0 Å². The zero-order chi connectivity index (χ0) is 26.0. The first-order valence-corrected chi connectivity index (χ1v) is 8.82. The molecule has 0 aliphatic heterocycles. The lowest BCUT2D eigenvalue weighted by molar-refractivity contribution is -0.883. The highest BCUT2D eigenvalue weighted by Gasteiger charge is 2.88. The Morgan fingerprint density at radius 3 is 1.72 bits per heavy atom. The molecule has 0 bridgehead atoms. The number of quaternary nitrogens is 1. The van der Waals surface area contributed by atoms with Crippen LogP contribution >= 0.6 is 0 Å². The van der Waals surface area contributed by atoms with E-state index in [0.717, 1.165) is 5.32 Å². The summed E-state index contributed by atoms with van der Waals surface area (Å²) in [5, 5.41) is 1.09. The van der Waals surface area contributed by atoms with Gasteiger partial charge < -0.3 is 14.5 Å². The van der Waals surface area contributed by atoms with Crippen LogP contribution in [0.2, 0.25) is 0 Å². The number of halogens is 11. The number of esters is 1. The van der Waals surface area contributed by atoms with Gasteiger partial charge in [-0.3, -0.25) is 4.79 Å². The summed E-state index contributed by atoms with van der Waals surface area (Å²) in [7, 11) is 2.93. The molecule has 0 radical (unpaired) electrons. The maximum Gasteiger partial charge on any atom is 0.460 e. The van der Waals surface area contributed by atoms with E-state index in [4.69, 9.17) is 4.74 Å². The average Bonchev–Trinajstić information content (AvgIpc) is 2.55. The fourth-order valence-corrected chi connectivity index (χ4v) is 2.26. The fourth-order valence-electron chi connectivity index (χ4n) is 2.26. The highest BCUT2D eigenvalue weighted by Crippen LogP contribution is 2.57. The number of carbonyl (C=O) groups is 2. The third-order valence-electron chi connectivity index (χ3n) is 3.97. The van der Waals surface area contributed by atoms with Gasteiger partial charge in [0.25, 0.3) is 5.91 Å². The number of rotatable bonds is 11. The third-order valence-corrected chi connectivity index (χ3v) is 3.97. The molecule has 0 rings (SSSR count). The lowest BCUT2D eigenvalue weighted by Gasteiger charge is -2.36. The summed E-state index contributed by atoms with van der Waals surface area (Å²) in [5.74, 6) is -33.0. The number of carbonyl (C=O) groups excluding carboxylic acids is 2. The normalized spacial score (nSPS) is 14.5. The van der Waals surface area contributed by atoms with E-state index in [-0.39, 0.29) is 24.0 Å². The minimum atomic E-state index is -7.64. The smallest absolute Gasteiger partial charge is 0.459 e. The molecule has 0 heterocycles. The number of hydrogen-bond donors (Lipinski definition) is 1. The van der Waals surface area contributed by atoms with Crippen LogP contribution in [0.25, 0.3) is 0 Å². The Kier molecular flexibility index (Phi) is 8.99. The molecule has 0 aromatic carbocycles. The molecule has 1 N–H and O–H groups in total. The van der Waals surface area contributed by atoms with Gasteiger partial charge in [-0.2, -0.15) is 48.3 Å². The maximum absolute atomic E-state index is 13.6. The van der Waals surface area contributed by atoms with Crippen molar-refractivity contribution in [3.8, 4) is 0 Å². The van der Waals surface area contributed by atoms with Gasteiger partial charge in [0.05, 0.1) is 26.7 Å². The number of nitrogens with one attached hydrogen (secondary N) is 1. The van der Waals surface area contributed by atoms with Crippen molar-refractivity contribution in [3.05, 3.63) is 0 Å². The molecule has 0 saturated carbocycles. The zero-order valence-electron chi connectivity index (χ0n) is 17.2. The van der Waals surface area contributed by atoms with Gasteiger partial charge in [-0.1, -0.05) is 0 Å². The van der Waals surface area contributed by atoms with Gasteiger partial charge in [-0.15, -0.1) is 0 Å². The summed E-state index contributed by atoms with van der Waals surface area (Å²) in [6, 6.07) is 0. The van der Waals surface area contributed by atoms with Crippen LogP contribution < -0.4 is 5.32 Å². The molecule has 0 aliphatic rings. The van der Waals surface area contributed by atoms with Gasteiger partial charge in [0.15, 0.2) is 6.54 Å². The van der Waals surface area contributed by atoms with Crippen LogP contribution in [0.4, 0.5) is 48.3 Å². The first-order chi connectivity index (χ1) is 13.9. The molecule has 0 atom stereocenters. The molecule has 0 aromatic heterocycles. The molecule has 5 nitrogen and oxygen atoms in total. The van der Waals surface area contributed by atoms with Gasteiger partial charge in [-0.25, -0.2) is 4.79 Å². The van der Waals surface area contributed by atoms with E-state index in [9.17, 15) is 57.9 Å². The molecule has 0 saturated heterocycles. The summed E-state index contributed by atoms with van der Waals surface area (Å²) in [4.78, 5) is 22.9. The summed E-state index contributed by atoms with van der Waals surface area (Å²) in [6.45, 7) is 1.98.